The number of fused-ring (bicyclic) bond motifs is 6. The van der Waals surface area contributed by atoms with Crippen LogP contribution >= 0.6 is 11.8 Å². The molecule has 2 fully saturated rings. The normalized spacial score (nSPS) is 18.7. The smallest absolute Gasteiger partial charge is 0.0423 e. The molecule has 6 aromatic rings. The topological polar surface area (TPSA) is 0 Å². The van der Waals surface area contributed by atoms with Crippen LogP contribution in [0.1, 0.15) is 75.3 Å². The van der Waals surface area contributed by atoms with Gasteiger partial charge < -0.3 is 0 Å². The van der Waals surface area contributed by atoms with Crippen LogP contribution in [0, 0.1) is 0 Å². The van der Waals surface area contributed by atoms with Gasteiger partial charge in [0.1, 0.15) is 0 Å². The van der Waals surface area contributed by atoms with Gasteiger partial charge in [-0.2, -0.15) is 0 Å². The van der Waals surface area contributed by atoms with Crippen molar-refractivity contribution in [2.45, 2.75) is 73.7 Å². The van der Waals surface area contributed by atoms with E-state index in [1.165, 1.54) is 107 Å². The summed E-state index contributed by atoms with van der Waals surface area (Å²) in [4.78, 5) is 0. The van der Waals surface area contributed by atoms with Crippen molar-refractivity contribution in [3.8, 4) is 0 Å². The second-order valence-corrected chi connectivity index (χ2v) is 14.4. The Morgan fingerprint density at radius 2 is 0.756 bits per heavy atom. The van der Waals surface area contributed by atoms with Gasteiger partial charge in [0, 0.05) is 9.49 Å². The van der Waals surface area contributed by atoms with E-state index in [2.05, 4.69) is 121 Å². The van der Waals surface area contributed by atoms with Gasteiger partial charge in [0.15, 0.2) is 0 Å². The number of hydrogen-bond acceptors (Lipinski definition) is 1. The van der Waals surface area contributed by atoms with Gasteiger partial charge in [-0.05, 0) is 79.9 Å². The lowest BCUT2D eigenvalue weighted by Gasteiger charge is -2.48. The van der Waals surface area contributed by atoms with Crippen LogP contribution in [-0.2, 0) is 9.49 Å². The van der Waals surface area contributed by atoms with Crippen molar-refractivity contribution in [1.29, 1.82) is 0 Å². The highest BCUT2D eigenvalue weighted by Gasteiger charge is 2.46. The molecule has 0 bridgehead atoms. The summed E-state index contributed by atoms with van der Waals surface area (Å²) in [6, 6.07) is 41.8. The number of rotatable bonds is 4. The summed E-state index contributed by atoms with van der Waals surface area (Å²) >= 11 is 2.38. The zero-order valence-corrected chi connectivity index (χ0v) is 24.7. The quantitative estimate of drug-likeness (QED) is 0.197. The van der Waals surface area contributed by atoms with Crippen LogP contribution in [0.25, 0.3) is 43.1 Å². The van der Waals surface area contributed by atoms with E-state index >= 15 is 0 Å². The third-order valence-electron chi connectivity index (χ3n) is 10.3. The first-order valence-electron chi connectivity index (χ1n) is 15.8. The van der Waals surface area contributed by atoms with Crippen molar-refractivity contribution < 1.29 is 0 Å². The molecule has 8 rings (SSSR count). The second-order valence-electron chi connectivity index (χ2n) is 12.6. The van der Waals surface area contributed by atoms with Crippen LogP contribution in [-0.4, -0.2) is 0 Å². The van der Waals surface area contributed by atoms with Crippen LogP contribution in [0.5, 0.6) is 0 Å². The number of thioether (sulfide) groups is 1. The largest absolute Gasteiger partial charge is 0.139 e. The van der Waals surface area contributed by atoms with E-state index in [-0.39, 0.29) is 9.49 Å². The molecule has 2 aliphatic carbocycles. The van der Waals surface area contributed by atoms with Crippen molar-refractivity contribution in [2.24, 2.45) is 0 Å². The summed E-state index contributed by atoms with van der Waals surface area (Å²) in [5.74, 6) is 0. The zero-order valence-electron chi connectivity index (χ0n) is 23.9. The molecule has 2 saturated carbocycles. The van der Waals surface area contributed by atoms with Gasteiger partial charge in [-0.25, -0.2) is 0 Å². The van der Waals surface area contributed by atoms with Crippen molar-refractivity contribution in [3.63, 3.8) is 0 Å². The molecule has 204 valence electrons. The van der Waals surface area contributed by atoms with E-state index in [0.29, 0.717) is 0 Å². The highest BCUT2D eigenvalue weighted by Crippen LogP contribution is 2.62. The van der Waals surface area contributed by atoms with Gasteiger partial charge in [0.2, 0.25) is 0 Å². The zero-order chi connectivity index (χ0) is 27.3. The Bertz CT molecular complexity index is 1750. The lowest BCUT2D eigenvalue weighted by molar-refractivity contribution is 0.376. The Morgan fingerprint density at radius 3 is 1.22 bits per heavy atom. The molecule has 0 atom stereocenters. The third-order valence-corrected chi connectivity index (χ3v) is 12.3. The number of hydrogen-bond donors (Lipinski definition) is 0. The standard InChI is InChI=1S/C40H38S/c1-7-25-39(26-8-1,37-19-11-17-33-31-15-5-3-13-29(31)21-23-35(33)37)41-40(27-9-2-10-28-40)38-20-12-18-34-32-16-6-4-14-30(32)22-24-36(34)38/h3-6,11-24H,1-2,7-10,25-28H2. The van der Waals surface area contributed by atoms with E-state index in [0.717, 1.165) is 0 Å². The van der Waals surface area contributed by atoms with Crippen molar-refractivity contribution >= 4 is 54.9 Å². The van der Waals surface area contributed by atoms with E-state index in [9.17, 15) is 0 Å². The Balaban J connectivity index is 1.34. The maximum absolute atomic E-state index is 2.49. The molecule has 0 spiro atoms. The fraction of sp³-hybridized carbons (Fsp3) is 0.300. The van der Waals surface area contributed by atoms with Crippen LogP contribution in [0.15, 0.2) is 109 Å². The van der Waals surface area contributed by atoms with Crippen LogP contribution in [0.3, 0.4) is 0 Å². The molecule has 41 heavy (non-hydrogen) atoms. The minimum absolute atomic E-state index is 0.135. The molecule has 0 saturated heterocycles. The number of benzene rings is 6. The Labute approximate surface area is 248 Å². The molecule has 0 radical (unpaired) electrons. The van der Waals surface area contributed by atoms with Crippen LogP contribution in [0.2, 0.25) is 0 Å². The molecular weight excluding hydrogens is 513 g/mol. The van der Waals surface area contributed by atoms with Crippen molar-refractivity contribution in [3.05, 3.63) is 120 Å². The maximum atomic E-state index is 2.49. The Hall–Kier alpha value is -3.29. The molecule has 0 unspecified atom stereocenters. The van der Waals surface area contributed by atoms with Gasteiger partial charge >= 0.3 is 0 Å². The average Bonchev–Trinajstić information content (AvgIpc) is 3.05. The molecular formula is C40H38S. The SMILES string of the molecule is c1ccc2c(c1)ccc1c(C3(SC4(c5cccc6c5ccc5ccccc56)CCCCC4)CCCCC3)cccc12. The lowest BCUT2D eigenvalue weighted by Crippen LogP contribution is -2.35. The van der Waals surface area contributed by atoms with Gasteiger partial charge in [0.05, 0.1) is 0 Å². The molecule has 0 nitrogen and oxygen atoms in total. The second kappa shape index (κ2) is 10.2. The van der Waals surface area contributed by atoms with Gasteiger partial charge in [-0.3, -0.25) is 0 Å². The molecule has 2 aliphatic rings. The van der Waals surface area contributed by atoms with Gasteiger partial charge in [0.25, 0.3) is 0 Å². The summed E-state index contributed by atoms with van der Waals surface area (Å²) in [5, 5.41) is 11.2. The summed E-state index contributed by atoms with van der Waals surface area (Å²) in [6.07, 6.45) is 13.1. The highest BCUT2D eigenvalue weighted by molar-refractivity contribution is 8.01. The Kier molecular flexibility index (Phi) is 6.33. The molecule has 1 heteroatoms. The van der Waals surface area contributed by atoms with Crippen molar-refractivity contribution in [2.75, 3.05) is 0 Å². The van der Waals surface area contributed by atoms with E-state index in [1.54, 1.807) is 11.1 Å². The van der Waals surface area contributed by atoms with Crippen molar-refractivity contribution in [1.82, 2.24) is 0 Å². The van der Waals surface area contributed by atoms with Crippen LogP contribution < -0.4 is 0 Å². The van der Waals surface area contributed by atoms with Gasteiger partial charge in [-0.15, -0.1) is 11.8 Å². The molecule has 6 aromatic carbocycles. The Morgan fingerprint density at radius 1 is 0.341 bits per heavy atom. The van der Waals surface area contributed by atoms with Crippen LogP contribution in [0.4, 0.5) is 0 Å². The molecule has 0 aromatic heterocycles. The minimum atomic E-state index is 0.135. The third kappa shape index (κ3) is 4.19. The predicted molar refractivity (Wildman–Crippen MR) is 180 cm³/mol. The average molecular weight is 551 g/mol. The molecule has 0 N–H and O–H groups in total. The first-order chi connectivity index (χ1) is 20.3. The van der Waals surface area contributed by atoms with E-state index in [4.69, 9.17) is 0 Å². The summed E-state index contributed by atoms with van der Waals surface area (Å²) < 4.78 is 0.271. The fourth-order valence-corrected chi connectivity index (χ4v) is 10.7. The lowest BCUT2D eigenvalue weighted by atomic mass is 9.79. The highest BCUT2D eigenvalue weighted by atomic mass is 32.2. The fourth-order valence-electron chi connectivity index (χ4n) is 8.35. The molecule has 0 aliphatic heterocycles. The monoisotopic (exact) mass is 550 g/mol. The summed E-state index contributed by atoms with van der Waals surface area (Å²) in [5.41, 5.74) is 3.17. The first-order valence-corrected chi connectivity index (χ1v) is 16.6. The molecule has 0 amide bonds. The molecule has 0 heterocycles. The summed E-state index contributed by atoms with van der Waals surface area (Å²) in [7, 11) is 0. The van der Waals surface area contributed by atoms with Gasteiger partial charge in [-0.1, -0.05) is 148 Å². The van der Waals surface area contributed by atoms with E-state index in [1.807, 2.05) is 0 Å². The predicted octanol–water partition coefficient (Wildman–Crippen LogP) is 12.1. The summed E-state index contributed by atoms with van der Waals surface area (Å²) in [6.45, 7) is 0. The maximum Gasteiger partial charge on any atom is 0.0423 e. The first kappa shape index (κ1) is 25.4. The minimum Gasteiger partial charge on any atom is -0.139 e. The van der Waals surface area contributed by atoms with E-state index < -0.39 is 0 Å².